The van der Waals surface area contributed by atoms with Crippen LogP contribution in [0.25, 0.3) is 17.1 Å². The van der Waals surface area contributed by atoms with Gasteiger partial charge in [-0.25, -0.2) is 19.4 Å². The van der Waals surface area contributed by atoms with Crippen LogP contribution in [-0.2, 0) is 30.3 Å². The molecule has 2 saturated heterocycles. The lowest BCUT2D eigenvalue weighted by molar-refractivity contribution is -0.136. The number of carbonyl (C=O) groups is 7. The fraction of sp³-hybridized carbons (Fsp3) is 0.388. The number of rotatable bonds is 19. The highest BCUT2D eigenvalue weighted by molar-refractivity contribution is 6.25. The molecule has 26 heteroatoms. The molecular formula is C49H53F3N12O11. The molecule has 0 spiro atoms. The van der Waals surface area contributed by atoms with Gasteiger partial charge in [0.2, 0.25) is 17.7 Å². The molecule has 5 aromatic rings. The molecule has 0 saturated carbocycles. The van der Waals surface area contributed by atoms with E-state index in [0.29, 0.717) is 68.8 Å². The first-order valence-corrected chi connectivity index (χ1v) is 23.7. The third kappa shape index (κ3) is 13.2. The first-order chi connectivity index (χ1) is 35.7. The highest BCUT2D eigenvalue weighted by atomic mass is 19.4. The number of piperidine rings is 1. The largest absolute Gasteiger partial charge is 0.444 e. The number of alkyl halides is 3. The Bertz CT molecular complexity index is 2970. The maximum Gasteiger partial charge on any atom is 0.416 e. The first-order valence-electron chi connectivity index (χ1n) is 23.7. The maximum absolute atomic E-state index is 13.5. The average Bonchev–Trinajstić information content (AvgIpc) is 4.10. The van der Waals surface area contributed by atoms with E-state index in [1.165, 1.54) is 37.7 Å². The third-order valence-electron chi connectivity index (χ3n) is 11.9. The van der Waals surface area contributed by atoms with Crippen molar-refractivity contribution in [2.75, 3.05) is 74.6 Å². The van der Waals surface area contributed by atoms with E-state index in [1.54, 1.807) is 30.3 Å². The molecule has 6 heterocycles. The molecule has 6 N–H and O–H groups in total. The van der Waals surface area contributed by atoms with Crippen LogP contribution in [-0.4, -0.2) is 154 Å². The number of pyridine rings is 1. The second-order valence-electron chi connectivity index (χ2n) is 18.6. The minimum Gasteiger partial charge on any atom is -0.444 e. The summed E-state index contributed by atoms with van der Waals surface area (Å²) in [5.74, 6) is -4.61. The van der Waals surface area contributed by atoms with Gasteiger partial charge >= 0.3 is 12.3 Å². The standard InChI is InChI=1S/C49H53F3N12O11/c1-48(2,3)75-47(71)62(27-49(50,51)52)37-21-29(13-14-56-37)44-58-35(26-74-44)42(67)57-34-25-63(60-40(34)41(53)66)30-9-7-28(8-10-30)22-54-23-31-24-61(17-20-73-31)16-19-72-18-15-55-33-6-4-5-32-39(33)46(70)64(45(32)69)36-11-12-38(65)59-43(36)68/h4-10,13-14,21,25-26,31,36,54-55H,11-12,15-20,22-24,27H2,1-3H3,(H2,53,66)(H,57,67)(H,59,65,68). The van der Waals surface area contributed by atoms with E-state index >= 15 is 0 Å². The van der Waals surface area contributed by atoms with Crippen molar-refractivity contribution < 1.29 is 65.4 Å². The molecule has 2 fully saturated rings. The summed E-state index contributed by atoms with van der Waals surface area (Å²) in [5.41, 5.74) is 6.37. The second kappa shape index (κ2) is 22.6. The lowest BCUT2D eigenvalue weighted by atomic mass is 10.0. The van der Waals surface area contributed by atoms with E-state index < -0.39 is 71.7 Å². The maximum atomic E-state index is 13.5. The smallest absolute Gasteiger partial charge is 0.416 e. The molecule has 8 rings (SSSR count). The predicted octanol–water partition coefficient (Wildman–Crippen LogP) is 3.90. The van der Waals surface area contributed by atoms with E-state index in [0.717, 1.165) is 35.5 Å². The van der Waals surface area contributed by atoms with Gasteiger partial charge in [-0.3, -0.25) is 48.8 Å². The van der Waals surface area contributed by atoms with Crippen molar-refractivity contribution in [2.45, 2.75) is 64.1 Å². The van der Waals surface area contributed by atoms with E-state index in [-0.39, 0.29) is 58.6 Å². The highest BCUT2D eigenvalue weighted by Gasteiger charge is 2.46. The van der Waals surface area contributed by atoms with Gasteiger partial charge in [-0.05, 0) is 69.2 Å². The number of hydrogen-bond acceptors (Lipinski definition) is 17. The quantitative estimate of drug-likeness (QED) is 0.0579. The summed E-state index contributed by atoms with van der Waals surface area (Å²) < 4.78 is 64.4. The lowest BCUT2D eigenvalue weighted by Crippen LogP contribution is -2.54. The van der Waals surface area contributed by atoms with Gasteiger partial charge in [0, 0.05) is 63.1 Å². The zero-order valence-electron chi connectivity index (χ0n) is 40.9. The van der Waals surface area contributed by atoms with Crippen LogP contribution in [0.1, 0.15) is 80.9 Å². The van der Waals surface area contributed by atoms with E-state index in [2.05, 4.69) is 41.2 Å². The van der Waals surface area contributed by atoms with Gasteiger partial charge in [0.25, 0.3) is 23.6 Å². The molecule has 23 nitrogen and oxygen atoms in total. The molecule has 3 aliphatic rings. The van der Waals surface area contributed by atoms with Crippen LogP contribution in [0.3, 0.4) is 0 Å². The van der Waals surface area contributed by atoms with Crippen LogP contribution < -0.4 is 31.9 Å². The zero-order valence-corrected chi connectivity index (χ0v) is 40.9. The lowest BCUT2D eigenvalue weighted by Gasteiger charge is -2.33. The zero-order chi connectivity index (χ0) is 53.6. The molecule has 0 bridgehead atoms. The molecule has 0 aliphatic carbocycles. The minimum atomic E-state index is -4.79. The number of anilines is 3. The molecule has 2 atom stereocenters. The summed E-state index contributed by atoms with van der Waals surface area (Å²) in [6.07, 6.45) is -2.50. The van der Waals surface area contributed by atoms with Crippen molar-refractivity contribution in [2.24, 2.45) is 5.73 Å². The second-order valence-corrected chi connectivity index (χ2v) is 18.6. The fourth-order valence-corrected chi connectivity index (χ4v) is 8.38. The van der Waals surface area contributed by atoms with Crippen LogP contribution in [0, 0.1) is 0 Å². The number of nitrogens with two attached hydrogens (primary N) is 1. The number of morpholine rings is 1. The van der Waals surface area contributed by atoms with Crippen LogP contribution in [0.2, 0.25) is 0 Å². The Morgan fingerprint density at radius 3 is 2.52 bits per heavy atom. The van der Waals surface area contributed by atoms with Crippen molar-refractivity contribution in [3.63, 3.8) is 0 Å². The molecule has 2 aromatic carbocycles. The Morgan fingerprint density at radius 2 is 1.79 bits per heavy atom. The van der Waals surface area contributed by atoms with Gasteiger partial charge in [-0.1, -0.05) is 18.2 Å². The summed E-state index contributed by atoms with van der Waals surface area (Å²) in [7, 11) is 0. The minimum absolute atomic E-state index is 0.0356. The highest BCUT2D eigenvalue weighted by Crippen LogP contribution is 2.33. The number of hydrogen-bond donors (Lipinski definition) is 5. The van der Waals surface area contributed by atoms with Crippen molar-refractivity contribution in [3.8, 4) is 17.1 Å². The van der Waals surface area contributed by atoms with Crippen LogP contribution in [0.4, 0.5) is 35.2 Å². The number of nitrogens with zero attached hydrogens (tertiary/aromatic N) is 7. The Labute approximate surface area is 426 Å². The van der Waals surface area contributed by atoms with E-state index in [1.807, 2.05) is 12.1 Å². The number of carbonyl (C=O) groups excluding carboxylic acids is 7. The first kappa shape index (κ1) is 53.2. The molecule has 3 aliphatic heterocycles. The normalized spacial score (nSPS) is 17.2. The third-order valence-corrected chi connectivity index (χ3v) is 11.9. The molecular weight excluding hydrogens is 990 g/mol. The number of ether oxygens (including phenoxy) is 3. The number of nitrogens with one attached hydrogen (secondary N) is 4. The number of imide groups is 2. The summed E-state index contributed by atoms with van der Waals surface area (Å²) in [5, 5.41) is 15.6. The number of primary amides is 1. The number of aromatic nitrogens is 4. The Kier molecular flexibility index (Phi) is 16.0. The summed E-state index contributed by atoms with van der Waals surface area (Å²) >= 11 is 0. The molecule has 7 amide bonds. The monoisotopic (exact) mass is 1040 g/mol. The SMILES string of the molecule is CC(C)(C)OC(=O)N(CC(F)(F)F)c1cc(-c2nc(C(=O)Nc3cn(-c4ccc(CNCC5CN(CCOCCNc6cccc7c6C(=O)N(C6CCC(=O)NC6=O)C7=O)CCO5)cc4)nc3C(N)=O)co2)ccn1. The van der Waals surface area contributed by atoms with Crippen molar-refractivity contribution in [1.29, 1.82) is 0 Å². The van der Waals surface area contributed by atoms with Crippen LogP contribution in [0.5, 0.6) is 0 Å². The van der Waals surface area contributed by atoms with Crippen molar-refractivity contribution in [3.05, 3.63) is 101 Å². The summed E-state index contributed by atoms with van der Waals surface area (Å²) in [6, 6.07) is 13.6. The van der Waals surface area contributed by atoms with Gasteiger partial charge < -0.3 is 40.3 Å². The number of amides is 7. The van der Waals surface area contributed by atoms with Gasteiger partial charge in [-0.2, -0.15) is 18.3 Å². The van der Waals surface area contributed by atoms with Gasteiger partial charge in [0.1, 0.15) is 30.3 Å². The molecule has 396 valence electrons. The molecule has 3 aromatic heterocycles. The number of fused-ring (bicyclic) bond motifs is 1. The topological polar surface area (TPSA) is 288 Å². The number of halogens is 3. The Morgan fingerprint density at radius 1 is 1.00 bits per heavy atom. The van der Waals surface area contributed by atoms with Crippen molar-refractivity contribution >= 4 is 58.7 Å². The Balaban J connectivity index is 0.778. The Hall–Kier alpha value is -8.07. The molecule has 0 radical (unpaired) electrons. The van der Waals surface area contributed by atoms with Gasteiger partial charge in [-0.15, -0.1) is 0 Å². The average molecular weight is 1040 g/mol. The van der Waals surface area contributed by atoms with Crippen LogP contribution >= 0.6 is 0 Å². The van der Waals surface area contributed by atoms with Crippen molar-refractivity contribution in [1.82, 2.24) is 40.2 Å². The predicted molar refractivity (Wildman–Crippen MR) is 260 cm³/mol. The molecule has 2 unspecified atom stereocenters. The fourth-order valence-electron chi connectivity index (χ4n) is 8.38. The number of oxazole rings is 1. The summed E-state index contributed by atoms with van der Waals surface area (Å²) in [6.45, 7) is 7.67. The summed E-state index contributed by atoms with van der Waals surface area (Å²) in [4.78, 5) is 101. The number of benzene rings is 2. The van der Waals surface area contributed by atoms with Crippen LogP contribution in [0.15, 0.2) is 77.7 Å². The van der Waals surface area contributed by atoms with Gasteiger partial charge in [0.15, 0.2) is 11.4 Å². The van der Waals surface area contributed by atoms with E-state index in [4.69, 9.17) is 24.4 Å². The van der Waals surface area contributed by atoms with E-state index in [9.17, 15) is 46.7 Å². The molecule has 75 heavy (non-hydrogen) atoms. The van der Waals surface area contributed by atoms with Gasteiger partial charge in [0.05, 0.1) is 54.6 Å².